The summed E-state index contributed by atoms with van der Waals surface area (Å²) in [6.45, 7) is 4.39. The van der Waals surface area contributed by atoms with Crippen molar-refractivity contribution in [3.63, 3.8) is 0 Å². The third kappa shape index (κ3) is 5.46. The summed E-state index contributed by atoms with van der Waals surface area (Å²) < 4.78 is 10.4. The van der Waals surface area contributed by atoms with Gasteiger partial charge < -0.3 is 24.6 Å². The number of halogens is 1. The molecule has 0 unspecified atom stereocenters. The average Bonchev–Trinajstić information content (AvgIpc) is 2.62. The van der Waals surface area contributed by atoms with Crippen LogP contribution in [0.2, 0.25) is 5.02 Å². The van der Waals surface area contributed by atoms with E-state index in [1.165, 1.54) is 0 Å². The van der Waals surface area contributed by atoms with Crippen LogP contribution in [0.5, 0.6) is 5.75 Å². The van der Waals surface area contributed by atoms with Crippen LogP contribution in [-0.4, -0.2) is 67.3 Å². The first-order valence-corrected chi connectivity index (χ1v) is 9.40. The van der Waals surface area contributed by atoms with E-state index in [2.05, 4.69) is 10.2 Å². The number of amides is 1. The molecule has 0 aliphatic carbocycles. The van der Waals surface area contributed by atoms with Crippen LogP contribution in [0.3, 0.4) is 0 Å². The van der Waals surface area contributed by atoms with E-state index in [-0.39, 0.29) is 11.9 Å². The molecule has 1 fully saturated rings. The fourth-order valence-corrected chi connectivity index (χ4v) is 3.69. The summed E-state index contributed by atoms with van der Waals surface area (Å²) in [4.78, 5) is 15.6. The van der Waals surface area contributed by atoms with Crippen LogP contribution in [-0.2, 0) is 9.53 Å². The first-order chi connectivity index (χ1) is 12.5. The normalized spacial score (nSPS) is 14.8. The number of hydrogen-bond donors (Lipinski definition) is 1. The quantitative estimate of drug-likeness (QED) is 0.742. The highest BCUT2D eigenvalue weighted by atomic mass is 35.5. The van der Waals surface area contributed by atoms with Gasteiger partial charge in [-0.1, -0.05) is 11.6 Å². The van der Waals surface area contributed by atoms with Crippen LogP contribution in [0.1, 0.15) is 19.8 Å². The number of carbonyl (C=O) groups excluding carboxylic acids is 1. The molecule has 1 saturated heterocycles. The molecule has 1 aromatic carbocycles. The summed E-state index contributed by atoms with van der Waals surface area (Å²) in [6, 6.07) is 5.75. The minimum atomic E-state index is 0.125. The van der Waals surface area contributed by atoms with E-state index >= 15 is 0 Å². The summed E-state index contributed by atoms with van der Waals surface area (Å²) in [5.74, 6) is 0.747. The molecule has 26 heavy (non-hydrogen) atoms. The third-order valence-electron chi connectivity index (χ3n) is 4.55. The zero-order valence-electron chi connectivity index (χ0n) is 15.5. The Balaban J connectivity index is 2.04. The second-order valence-electron chi connectivity index (χ2n) is 6.20. The molecule has 1 aliphatic heterocycles. The number of hydrogen-bond acceptors (Lipinski definition) is 4. The van der Waals surface area contributed by atoms with Gasteiger partial charge in [0.2, 0.25) is 5.91 Å². The lowest BCUT2D eigenvalue weighted by Crippen LogP contribution is -2.50. The molecule has 0 bridgehead atoms. The van der Waals surface area contributed by atoms with Gasteiger partial charge in [-0.15, -0.1) is 0 Å². The van der Waals surface area contributed by atoms with Crippen molar-refractivity contribution in [3.05, 3.63) is 23.2 Å². The van der Waals surface area contributed by atoms with Gasteiger partial charge in [0.15, 0.2) is 5.11 Å². The molecular weight excluding hydrogens is 374 g/mol. The molecule has 1 N–H and O–H groups in total. The number of piperidine rings is 1. The van der Waals surface area contributed by atoms with E-state index in [4.69, 9.17) is 33.3 Å². The summed E-state index contributed by atoms with van der Waals surface area (Å²) in [6.07, 6.45) is 1.77. The maximum atomic E-state index is 11.5. The van der Waals surface area contributed by atoms with Gasteiger partial charge in [0, 0.05) is 45.4 Å². The van der Waals surface area contributed by atoms with Gasteiger partial charge in [-0.2, -0.15) is 0 Å². The second kappa shape index (κ2) is 9.94. The number of anilines is 1. The van der Waals surface area contributed by atoms with Crippen molar-refractivity contribution >= 4 is 40.5 Å². The van der Waals surface area contributed by atoms with Crippen LogP contribution in [0.25, 0.3) is 0 Å². The summed E-state index contributed by atoms with van der Waals surface area (Å²) in [7, 11) is 3.26. The number of ether oxygens (including phenoxy) is 2. The highest BCUT2D eigenvalue weighted by molar-refractivity contribution is 7.80. The van der Waals surface area contributed by atoms with Crippen LogP contribution in [0.15, 0.2) is 18.2 Å². The lowest BCUT2D eigenvalue weighted by atomic mass is 10.0. The Bertz CT molecular complexity index is 636. The van der Waals surface area contributed by atoms with E-state index in [1.807, 2.05) is 11.0 Å². The third-order valence-corrected chi connectivity index (χ3v) is 5.18. The molecule has 0 saturated carbocycles. The average molecular weight is 400 g/mol. The van der Waals surface area contributed by atoms with Gasteiger partial charge >= 0.3 is 0 Å². The number of thiocarbonyl (C=S) groups is 1. The molecule has 0 spiro atoms. The summed E-state index contributed by atoms with van der Waals surface area (Å²) in [5.41, 5.74) is 0.810. The number of rotatable bonds is 6. The Labute approximate surface area is 165 Å². The van der Waals surface area contributed by atoms with E-state index in [9.17, 15) is 4.79 Å². The second-order valence-corrected chi connectivity index (χ2v) is 7.00. The lowest BCUT2D eigenvalue weighted by Gasteiger charge is -2.39. The molecule has 8 heteroatoms. The SMILES string of the molecule is COCCN(C(=S)Nc1ccc(OC)c(Cl)c1)C1CCN(C(C)=O)CC1. The number of carbonyl (C=O) groups is 1. The zero-order valence-corrected chi connectivity index (χ0v) is 17.0. The van der Waals surface area contributed by atoms with E-state index in [1.54, 1.807) is 33.3 Å². The molecule has 2 rings (SSSR count). The Morgan fingerprint density at radius 3 is 2.62 bits per heavy atom. The molecule has 1 amide bonds. The molecule has 0 atom stereocenters. The van der Waals surface area contributed by atoms with Crippen molar-refractivity contribution in [3.8, 4) is 5.75 Å². The molecule has 144 valence electrons. The molecule has 1 heterocycles. The minimum absolute atomic E-state index is 0.125. The van der Waals surface area contributed by atoms with E-state index in [0.29, 0.717) is 29.0 Å². The minimum Gasteiger partial charge on any atom is -0.495 e. The molecular formula is C18H26ClN3O3S. The van der Waals surface area contributed by atoms with Crippen molar-refractivity contribution in [2.75, 3.05) is 45.8 Å². The van der Waals surface area contributed by atoms with Gasteiger partial charge in [0.05, 0.1) is 18.7 Å². The Morgan fingerprint density at radius 2 is 2.08 bits per heavy atom. The molecule has 1 aliphatic rings. The Kier molecular flexibility index (Phi) is 7.93. The van der Waals surface area contributed by atoms with Crippen molar-refractivity contribution in [2.45, 2.75) is 25.8 Å². The molecule has 0 aromatic heterocycles. The van der Waals surface area contributed by atoms with Crippen LogP contribution in [0, 0.1) is 0 Å². The number of benzene rings is 1. The highest BCUT2D eigenvalue weighted by Crippen LogP contribution is 2.27. The van der Waals surface area contributed by atoms with Gasteiger partial charge in [0.25, 0.3) is 0 Å². The lowest BCUT2D eigenvalue weighted by molar-refractivity contribution is -0.130. The molecule has 6 nitrogen and oxygen atoms in total. The Morgan fingerprint density at radius 1 is 1.38 bits per heavy atom. The molecule has 1 aromatic rings. The largest absolute Gasteiger partial charge is 0.495 e. The van der Waals surface area contributed by atoms with Crippen LogP contribution >= 0.6 is 23.8 Å². The van der Waals surface area contributed by atoms with Crippen molar-refractivity contribution in [1.82, 2.24) is 9.80 Å². The van der Waals surface area contributed by atoms with Crippen molar-refractivity contribution in [1.29, 1.82) is 0 Å². The summed E-state index contributed by atoms with van der Waals surface area (Å²) >= 11 is 11.8. The number of nitrogens with one attached hydrogen (secondary N) is 1. The highest BCUT2D eigenvalue weighted by Gasteiger charge is 2.27. The summed E-state index contributed by atoms with van der Waals surface area (Å²) in [5, 5.41) is 4.41. The number of methoxy groups -OCH3 is 2. The van der Waals surface area contributed by atoms with E-state index < -0.39 is 0 Å². The van der Waals surface area contributed by atoms with Gasteiger partial charge in [-0.3, -0.25) is 4.79 Å². The maximum Gasteiger partial charge on any atom is 0.219 e. The number of likely N-dealkylation sites (tertiary alicyclic amines) is 1. The Hall–Kier alpha value is -1.57. The van der Waals surface area contributed by atoms with Gasteiger partial charge in [-0.05, 0) is 43.3 Å². The van der Waals surface area contributed by atoms with E-state index in [0.717, 1.165) is 31.6 Å². The molecule has 0 radical (unpaired) electrons. The van der Waals surface area contributed by atoms with Crippen molar-refractivity contribution < 1.29 is 14.3 Å². The maximum absolute atomic E-state index is 11.5. The van der Waals surface area contributed by atoms with Crippen molar-refractivity contribution in [2.24, 2.45) is 0 Å². The standard InChI is InChI=1S/C18H26ClN3O3S/c1-13(23)21-8-6-15(7-9-21)22(10-11-24-2)18(26)20-14-4-5-17(25-3)16(19)12-14/h4-5,12,15H,6-11H2,1-3H3,(H,20,26). The first kappa shape index (κ1) is 20.7. The van der Waals surface area contributed by atoms with Crippen LogP contribution in [0.4, 0.5) is 5.69 Å². The van der Waals surface area contributed by atoms with Gasteiger partial charge in [-0.25, -0.2) is 0 Å². The predicted molar refractivity (Wildman–Crippen MR) is 108 cm³/mol. The van der Waals surface area contributed by atoms with Gasteiger partial charge in [0.1, 0.15) is 5.75 Å². The fraction of sp³-hybridized carbons (Fsp3) is 0.556. The topological polar surface area (TPSA) is 54.0 Å². The predicted octanol–water partition coefficient (Wildman–Crippen LogP) is 3.00. The first-order valence-electron chi connectivity index (χ1n) is 8.62. The van der Waals surface area contributed by atoms with Crippen LogP contribution < -0.4 is 10.1 Å². The smallest absolute Gasteiger partial charge is 0.219 e. The fourth-order valence-electron chi connectivity index (χ4n) is 3.07. The monoisotopic (exact) mass is 399 g/mol. The number of nitrogens with zero attached hydrogens (tertiary/aromatic N) is 2. The zero-order chi connectivity index (χ0) is 19.1.